The predicted octanol–water partition coefficient (Wildman–Crippen LogP) is 7.23. The molecule has 0 N–H and O–H groups in total. The third-order valence-electron chi connectivity index (χ3n) is 5.11. The summed E-state index contributed by atoms with van der Waals surface area (Å²) >= 11 is 0. The van der Waals surface area contributed by atoms with Gasteiger partial charge in [-0.1, -0.05) is 60.7 Å². The maximum absolute atomic E-state index is 13.7. The van der Waals surface area contributed by atoms with E-state index in [9.17, 15) is 13.2 Å². The number of hydrogen-bond acceptors (Lipinski definition) is 1. The summed E-state index contributed by atoms with van der Waals surface area (Å²) in [6, 6.07) is 23.4. The molecule has 1 heterocycles. The molecule has 0 bridgehead atoms. The lowest BCUT2D eigenvalue weighted by Gasteiger charge is -2.14. The molecule has 0 saturated heterocycles. The van der Waals surface area contributed by atoms with Crippen molar-refractivity contribution in [1.82, 2.24) is 4.98 Å². The van der Waals surface area contributed by atoms with Gasteiger partial charge in [0.1, 0.15) is 0 Å². The van der Waals surface area contributed by atoms with Crippen LogP contribution in [0.2, 0.25) is 0 Å². The number of pyridine rings is 1. The van der Waals surface area contributed by atoms with E-state index in [2.05, 4.69) is 4.98 Å². The Bertz CT molecular complexity index is 1350. The summed E-state index contributed by atoms with van der Waals surface area (Å²) in [6.07, 6.45) is -2.78. The van der Waals surface area contributed by atoms with Crippen molar-refractivity contribution < 1.29 is 13.2 Å². The third kappa shape index (κ3) is 2.61. The molecule has 28 heavy (non-hydrogen) atoms. The molecule has 0 fully saturated rings. The molecule has 0 spiro atoms. The standard InChI is InChI=1S/C24H14F3N/c25-24(26,27)22-14-17(13-16-6-2-4-8-19(16)22)23-21-10-9-15-5-1-3-7-18(15)20(21)11-12-28-23/h1-14H. The number of fused-ring (bicyclic) bond motifs is 4. The van der Waals surface area contributed by atoms with Crippen molar-refractivity contribution in [3.05, 3.63) is 90.6 Å². The smallest absolute Gasteiger partial charge is 0.256 e. The predicted molar refractivity (Wildman–Crippen MR) is 107 cm³/mol. The average Bonchev–Trinajstić information content (AvgIpc) is 2.71. The summed E-state index contributed by atoms with van der Waals surface area (Å²) in [6.45, 7) is 0. The Hall–Kier alpha value is -3.40. The lowest BCUT2D eigenvalue weighted by Crippen LogP contribution is -2.06. The van der Waals surface area contributed by atoms with Crippen LogP contribution >= 0.6 is 0 Å². The van der Waals surface area contributed by atoms with Gasteiger partial charge >= 0.3 is 6.18 Å². The lowest BCUT2D eigenvalue weighted by molar-refractivity contribution is -0.136. The molecular formula is C24H14F3N. The number of alkyl halides is 3. The van der Waals surface area contributed by atoms with Crippen LogP contribution in [0.15, 0.2) is 85.1 Å². The minimum absolute atomic E-state index is 0.199. The summed E-state index contributed by atoms with van der Waals surface area (Å²) in [7, 11) is 0. The fraction of sp³-hybridized carbons (Fsp3) is 0.0417. The van der Waals surface area contributed by atoms with Crippen LogP contribution in [0.5, 0.6) is 0 Å². The molecule has 1 aromatic heterocycles. The lowest BCUT2D eigenvalue weighted by atomic mass is 9.95. The summed E-state index contributed by atoms with van der Waals surface area (Å²) in [4.78, 5) is 4.45. The normalized spacial score (nSPS) is 12.1. The monoisotopic (exact) mass is 373 g/mol. The molecule has 0 amide bonds. The Morgan fingerprint density at radius 1 is 0.607 bits per heavy atom. The third-order valence-corrected chi connectivity index (χ3v) is 5.11. The SMILES string of the molecule is FC(F)(F)c1cc(-c2nccc3c2ccc2ccccc23)cc2ccccc12. The van der Waals surface area contributed by atoms with E-state index in [0.29, 0.717) is 16.6 Å². The minimum Gasteiger partial charge on any atom is -0.256 e. The Balaban J connectivity index is 1.86. The zero-order valence-corrected chi connectivity index (χ0v) is 14.7. The fourth-order valence-electron chi connectivity index (χ4n) is 3.85. The highest BCUT2D eigenvalue weighted by atomic mass is 19.4. The quantitative estimate of drug-likeness (QED) is 0.283. The van der Waals surface area contributed by atoms with Gasteiger partial charge < -0.3 is 0 Å². The zero-order chi connectivity index (χ0) is 19.3. The first-order chi connectivity index (χ1) is 13.5. The Morgan fingerprint density at radius 3 is 2.11 bits per heavy atom. The second-order valence-electron chi connectivity index (χ2n) is 6.78. The molecule has 0 saturated carbocycles. The molecule has 0 atom stereocenters. The van der Waals surface area contributed by atoms with E-state index in [1.54, 1.807) is 30.5 Å². The van der Waals surface area contributed by atoms with Crippen molar-refractivity contribution >= 4 is 32.3 Å². The van der Waals surface area contributed by atoms with Gasteiger partial charge in [0.2, 0.25) is 0 Å². The zero-order valence-electron chi connectivity index (χ0n) is 14.7. The van der Waals surface area contributed by atoms with Crippen molar-refractivity contribution in [1.29, 1.82) is 0 Å². The van der Waals surface area contributed by atoms with E-state index in [1.807, 2.05) is 42.5 Å². The first-order valence-electron chi connectivity index (χ1n) is 8.89. The highest BCUT2D eigenvalue weighted by Crippen LogP contribution is 2.39. The van der Waals surface area contributed by atoms with Crippen molar-refractivity contribution in [2.75, 3.05) is 0 Å². The molecule has 0 unspecified atom stereocenters. The van der Waals surface area contributed by atoms with E-state index in [0.717, 1.165) is 21.5 Å². The van der Waals surface area contributed by atoms with E-state index < -0.39 is 11.7 Å². The molecule has 1 nitrogen and oxygen atoms in total. The van der Waals surface area contributed by atoms with Gasteiger partial charge in [0.15, 0.2) is 0 Å². The van der Waals surface area contributed by atoms with Crippen molar-refractivity contribution in [2.45, 2.75) is 6.18 Å². The average molecular weight is 373 g/mol. The molecular weight excluding hydrogens is 359 g/mol. The van der Waals surface area contributed by atoms with Crippen molar-refractivity contribution in [3.8, 4) is 11.3 Å². The summed E-state index contributed by atoms with van der Waals surface area (Å²) in [5.74, 6) is 0. The number of nitrogens with zero attached hydrogens (tertiary/aromatic N) is 1. The Kier molecular flexibility index (Phi) is 3.63. The molecule has 0 aliphatic carbocycles. The number of aromatic nitrogens is 1. The number of hydrogen-bond donors (Lipinski definition) is 0. The van der Waals surface area contributed by atoms with Gasteiger partial charge in [-0.25, -0.2) is 0 Å². The summed E-state index contributed by atoms with van der Waals surface area (Å²) in [5.41, 5.74) is 0.381. The van der Waals surface area contributed by atoms with Crippen molar-refractivity contribution in [3.63, 3.8) is 0 Å². The topological polar surface area (TPSA) is 12.9 Å². The minimum atomic E-state index is -4.44. The van der Waals surface area contributed by atoms with Crippen molar-refractivity contribution in [2.24, 2.45) is 0 Å². The summed E-state index contributed by atoms with van der Waals surface area (Å²) in [5, 5.41) is 4.70. The van der Waals surface area contributed by atoms with Crippen LogP contribution in [0, 0.1) is 0 Å². The van der Waals surface area contributed by atoms with Gasteiger partial charge in [0, 0.05) is 17.1 Å². The van der Waals surface area contributed by atoms with E-state index in [1.165, 1.54) is 12.1 Å². The fourth-order valence-corrected chi connectivity index (χ4v) is 3.85. The molecule has 4 heteroatoms. The first kappa shape index (κ1) is 16.8. The molecule has 0 aliphatic rings. The maximum atomic E-state index is 13.7. The molecule has 4 aromatic carbocycles. The van der Waals surface area contributed by atoms with Crippen LogP contribution in [-0.2, 0) is 6.18 Å². The molecule has 5 rings (SSSR count). The Labute approximate surface area is 159 Å². The summed E-state index contributed by atoms with van der Waals surface area (Å²) < 4.78 is 41.1. The highest BCUT2D eigenvalue weighted by Gasteiger charge is 2.33. The molecule has 0 radical (unpaired) electrons. The van der Waals surface area contributed by atoms with E-state index in [-0.39, 0.29) is 5.39 Å². The van der Waals surface area contributed by atoms with Crippen LogP contribution in [0.25, 0.3) is 43.6 Å². The van der Waals surface area contributed by atoms with Crippen LogP contribution in [-0.4, -0.2) is 4.98 Å². The first-order valence-corrected chi connectivity index (χ1v) is 8.89. The van der Waals surface area contributed by atoms with Crippen LogP contribution in [0.3, 0.4) is 0 Å². The van der Waals surface area contributed by atoms with E-state index >= 15 is 0 Å². The molecule has 5 aromatic rings. The number of halogens is 3. The largest absolute Gasteiger partial charge is 0.417 e. The maximum Gasteiger partial charge on any atom is 0.417 e. The van der Waals surface area contributed by atoms with Crippen LogP contribution in [0.4, 0.5) is 13.2 Å². The van der Waals surface area contributed by atoms with Gasteiger partial charge in [0.05, 0.1) is 11.3 Å². The number of rotatable bonds is 1. The molecule has 0 aliphatic heterocycles. The Morgan fingerprint density at radius 2 is 1.32 bits per heavy atom. The highest BCUT2D eigenvalue weighted by molar-refractivity contribution is 6.11. The second kappa shape index (κ2) is 6.06. The second-order valence-corrected chi connectivity index (χ2v) is 6.78. The molecule has 136 valence electrons. The van der Waals surface area contributed by atoms with Gasteiger partial charge in [-0.15, -0.1) is 0 Å². The van der Waals surface area contributed by atoms with Gasteiger partial charge in [-0.05, 0) is 45.1 Å². The van der Waals surface area contributed by atoms with Gasteiger partial charge in [-0.2, -0.15) is 13.2 Å². The van der Waals surface area contributed by atoms with Gasteiger partial charge in [-0.3, -0.25) is 4.98 Å². The van der Waals surface area contributed by atoms with Crippen LogP contribution < -0.4 is 0 Å². The van der Waals surface area contributed by atoms with Crippen LogP contribution in [0.1, 0.15) is 5.56 Å². The number of benzene rings is 4. The van der Waals surface area contributed by atoms with E-state index in [4.69, 9.17) is 0 Å². The van der Waals surface area contributed by atoms with Gasteiger partial charge in [0.25, 0.3) is 0 Å².